The minimum absolute atomic E-state index is 0.00758. The topological polar surface area (TPSA) is 35.5 Å². The van der Waals surface area contributed by atoms with Gasteiger partial charge in [-0.25, -0.2) is 4.79 Å². The van der Waals surface area contributed by atoms with Crippen molar-refractivity contribution >= 4 is 17.3 Å². The van der Waals surface area contributed by atoms with Crippen molar-refractivity contribution in [2.45, 2.75) is 46.0 Å². The minimum Gasteiger partial charge on any atom is -0.461 e. The van der Waals surface area contributed by atoms with Crippen LogP contribution >= 0.6 is 11.3 Å². The maximum Gasteiger partial charge on any atom is 0.341 e. The maximum absolute atomic E-state index is 11.8. The molecule has 0 saturated carbocycles. The molecule has 1 rings (SSSR count). The zero-order chi connectivity index (χ0) is 12.1. The Morgan fingerprint density at radius 1 is 1.25 bits per heavy atom. The molecule has 0 aromatic carbocycles. The van der Waals surface area contributed by atoms with Crippen molar-refractivity contribution < 1.29 is 14.3 Å². The Bertz CT molecular complexity index is 317. The fraction of sp³-hybridized carbons (Fsp3) is 0.583. The van der Waals surface area contributed by atoms with Crippen LogP contribution in [0.25, 0.3) is 0 Å². The van der Waals surface area contributed by atoms with Crippen LogP contribution in [0.3, 0.4) is 0 Å². The molecule has 16 heavy (non-hydrogen) atoms. The van der Waals surface area contributed by atoms with Gasteiger partial charge in [0.15, 0.2) is 6.10 Å². The highest BCUT2D eigenvalue weighted by Gasteiger charge is 2.25. The minimum atomic E-state index is -0.595. The van der Waals surface area contributed by atoms with Gasteiger partial charge in [0.2, 0.25) is 0 Å². The average Bonchev–Trinajstić information content (AvgIpc) is 2.64. The van der Waals surface area contributed by atoms with E-state index in [4.69, 9.17) is 9.47 Å². The van der Waals surface area contributed by atoms with E-state index < -0.39 is 6.10 Å². The van der Waals surface area contributed by atoms with Gasteiger partial charge >= 0.3 is 5.97 Å². The van der Waals surface area contributed by atoms with Crippen LogP contribution in [0.1, 0.15) is 38.7 Å². The third-order valence-electron chi connectivity index (χ3n) is 1.78. The van der Waals surface area contributed by atoms with Gasteiger partial charge in [0.1, 0.15) is 0 Å². The van der Waals surface area contributed by atoms with Gasteiger partial charge in [0.05, 0.1) is 12.2 Å². The number of carbonyl (C=O) groups excluding carboxylic acids is 1. The van der Waals surface area contributed by atoms with Crippen molar-refractivity contribution in [3.63, 3.8) is 0 Å². The summed E-state index contributed by atoms with van der Waals surface area (Å²) in [5.41, 5.74) is 0. The van der Waals surface area contributed by atoms with Crippen LogP contribution in [0.2, 0.25) is 0 Å². The normalized spacial score (nSPS) is 13.1. The molecule has 0 N–H and O–H groups in total. The number of carbonyl (C=O) groups is 1. The van der Waals surface area contributed by atoms with Crippen molar-refractivity contribution in [1.82, 2.24) is 0 Å². The second-order valence-electron chi connectivity index (χ2n) is 4.07. The summed E-state index contributed by atoms with van der Waals surface area (Å²) in [6.07, 6.45) is -0.722. The second-order valence-corrected chi connectivity index (χ2v) is 5.05. The standard InChI is InChI=1S/C12H18O3S/c1-8(2)14-11(10-6-5-7-16-10)12(13)15-9(3)4/h5-9,11H,1-4H3. The molecule has 0 aliphatic carbocycles. The molecule has 1 heterocycles. The molecule has 3 nitrogen and oxygen atoms in total. The molecule has 1 atom stereocenters. The van der Waals surface area contributed by atoms with Gasteiger partial charge in [-0.1, -0.05) is 6.07 Å². The molecular formula is C12H18O3S. The number of thiophene rings is 1. The number of hydrogen-bond donors (Lipinski definition) is 0. The van der Waals surface area contributed by atoms with Crippen LogP contribution in [0.15, 0.2) is 17.5 Å². The summed E-state index contributed by atoms with van der Waals surface area (Å²) in [6.45, 7) is 7.48. The van der Waals surface area contributed by atoms with Crippen LogP contribution in [0, 0.1) is 0 Å². The van der Waals surface area contributed by atoms with Crippen LogP contribution in [-0.2, 0) is 14.3 Å². The molecule has 0 bridgehead atoms. The monoisotopic (exact) mass is 242 g/mol. The van der Waals surface area contributed by atoms with Crippen molar-refractivity contribution in [2.24, 2.45) is 0 Å². The molecule has 0 amide bonds. The quantitative estimate of drug-likeness (QED) is 0.744. The fourth-order valence-corrected chi connectivity index (χ4v) is 1.99. The molecule has 4 heteroatoms. The first-order chi connectivity index (χ1) is 7.50. The Morgan fingerprint density at radius 3 is 2.38 bits per heavy atom. The van der Waals surface area contributed by atoms with E-state index in [0.29, 0.717) is 0 Å². The second kappa shape index (κ2) is 6.01. The zero-order valence-electron chi connectivity index (χ0n) is 10.1. The highest BCUT2D eigenvalue weighted by molar-refractivity contribution is 7.10. The van der Waals surface area contributed by atoms with Gasteiger partial charge in [-0.05, 0) is 39.1 Å². The smallest absolute Gasteiger partial charge is 0.341 e. The Labute approximate surface area is 100 Å². The largest absolute Gasteiger partial charge is 0.461 e. The molecule has 0 radical (unpaired) electrons. The summed E-state index contributed by atoms with van der Waals surface area (Å²) in [4.78, 5) is 12.7. The highest BCUT2D eigenvalue weighted by Crippen LogP contribution is 2.25. The van der Waals surface area contributed by atoms with Crippen molar-refractivity contribution in [2.75, 3.05) is 0 Å². The lowest BCUT2D eigenvalue weighted by atomic mass is 10.3. The van der Waals surface area contributed by atoms with Gasteiger partial charge < -0.3 is 9.47 Å². The van der Waals surface area contributed by atoms with Gasteiger partial charge in [-0.15, -0.1) is 11.3 Å². The van der Waals surface area contributed by atoms with Gasteiger partial charge in [0.25, 0.3) is 0 Å². The van der Waals surface area contributed by atoms with Crippen LogP contribution in [0.4, 0.5) is 0 Å². The third kappa shape index (κ3) is 3.94. The summed E-state index contributed by atoms with van der Waals surface area (Å²) in [6, 6.07) is 3.79. The lowest BCUT2D eigenvalue weighted by molar-refractivity contribution is -0.164. The highest BCUT2D eigenvalue weighted by atomic mass is 32.1. The lowest BCUT2D eigenvalue weighted by Gasteiger charge is -2.19. The predicted octanol–water partition coefficient (Wildman–Crippen LogP) is 3.17. The molecule has 1 aromatic heterocycles. The predicted molar refractivity (Wildman–Crippen MR) is 64.5 cm³/mol. The maximum atomic E-state index is 11.8. The molecular weight excluding hydrogens is 224 g/mol. The van der Waals surface area contributed by atoms with E-state index in [1.807, 2.05) is 45.2 Å². The molecule has 0 fully saturated rings. The first-order valence-electron chi connectivity index (χ1n) is 5.40. The molecule has 0 spiro atoms. The van der Waals surface area contributed by atoms with E-state index in [0.717, 1.165) is 4.88 Å². The van der Waals surface area contributed by atoms with E-state index in [9.17, 15) is 4.79 Å². The summed E-state index contributed by atoms with van der Waals surface area (Å²) in [7, 11) is 0. The van der Waals surface area contributed by atoms with Crippen LogP contribution in [0.5, 0.6) is 0 Å². The van der Waals surface area contributed by atoms with Crippen molar-refractivity contribution in [3.8, 4) is 0 Å². The fourth-order valence-electron chi connectivity index (χ4n) is 1.25. The third-order valence-corrected chi connectivity index (χ3v) is 2.69. The summed E-state index contributed by atoms with van der Waals surface area (Å²) in [5.74, 6) is -0.314. The van der Waals surface area contributed by atoms with Gasteiger partial charge in [0, 0.05) is 4.88 Å². The van der Waals surface area contributed by atoms with Crippen LogP contribution in [-0.4, -0.2) is 18.2 Å². The molecule has 0 aliphatic rings. The lowest BCUT2D eigenvalue weighted by Crippen LogP contribution is -2.23. The Morgan fingerprint density at radius 2 is 1.94 bits per heavy atom. The van der Waals surface area contributed by atoms with E-state index in [1.165, 1.54) is 11.3 Å². The van der Waals surface area contributed by atoms with Gasteiger partial charge in [-0.2, -0.15) is 0 Å². The zero-order valence-corrected chi connectivity index (χ0v) is 10.9. The first-order valence-corrected chi connectivity index (χ1v) is 6.28. The van der Waals surface area contributed by atoms with E-state index in [2.05, 4.69) is 0 Å². The first kappa shape index (κ1) is 13.2. The summed E-state index contributed by atoms with van der Waals surface area (Å²) >= 11 is 1.50. The summed E-state index contributed by atoms with van der Waals surface area (Å²) < 4.78 is 10.8. The van der Waals surface area contributed by atoms with E-state index >= 15 is 0 Å². The van der Waals surface area contributed by atoms with Crippen molar-refractivity contribution in [1.29, 1.82) is 0 Å². The van der Waals surface area contributed by atoms with E-state index in [-0.39, 0.29) is 18.2 Å². The molecule has 90 valence electrons. The van der Waals surface area contributed by atoms with Gasteiger partial charge in [-0.3, -0.25) is 0 Å². The number of ether oxygens (including phenoxy) is 2. The van der Waals surface area contributed by atoms with Crippen LogP contribution < -0.4 is 0 Å². The van der Waals surface area contributed by atoms with E-state index in [1.54, 1.807) is 0 Å². The molecule has 0 aliphatic heterocycles. The number of hydrogen-bond acceptors (Lipinski definition) is 4. The Hall–Kier alpha value is -0.870. The number of rotatable bonds is 5. The summed E-state index contributed by atoms with van der Waals surface area (Å²) in [5, 5.41) is 1.93. The molecule has 1 unspecified atom stereocenters. The number of esters is 1. The Balaban J connectivity index is 2.75. The molecule has 1 aromatic rings. The SMILES string of the molecule is CC(C)OC(=O)C(OC(C)C)c1cccs1. The Kier molecular flexibility index (Phi) is 4.96. The molecule has 0 saturated heterocycles. The average molecular weight is 242 g/mol. The van der Waals surface area contributed by atoms with Crippen molar-refractivity contribution in [3.05, 3.63) is 22.4 Å².